The smallest absolute Gasteiger partial charge is 0.301 e. The molecule has 0 aliphatic carbocycles. The molecule has 0 radical (unpaired) electrons. The number of furan rings is 1. The van der Waals surface area contributed by atoms with Gasteiger partial charge in [0.05, 0.1) is 23.2 Å². The largest absolute Gasteiger partial charge is 0.463 e. The average molecular weight is 422 g/mol. The molecule has 0 bridgehead atoms. The summed E-state index contributed by atoms with van der Waals surface area (Å²) in [6, 6.07) is 17.6. The van der Waals surface area contributed by atoms with E-state index in [9.17, 15) is 5.26 Å². The number of nitrogens with zero attached hydrogens (tertiary/aromatic N) is 6. The molecule has 0 spiro atoms. The summed E-state index contributed by atoms with van der Waals surface area (Å²) in [5.74, 6) is 1.23. The number of hydrazone groups is 1. The van der Waals surface area contributed by atoms with Gasteiger partial charge in [0.15, 0.2) is 17.8 Å². The van der Waals surface area contributed by atoms with Crippen LogP contribution in [-0.2, 0) is 0 Å². The van der Waals surface area contributed by atoms with Crippen molar-refractivity contribution in [2.24, 2.45) is 5.10 Å². The first-order chi connectivity index (χ1) is 15.6. The zero-order valence-electron chi connectivity index (χ0n) is 17.6. The maximum atomic E-state index is 9.94. The fourth-order valence-corrected chi connectivity index (χ4v) is 3.99. The Kier molecular flexibility index (Phi) is 4.64. The van der Waals surface area contributed by atoms with E-state index in [-0.39, 0.29) is 11.7 Å². The van der Waals surface area contributed by atoms with Crippen LogP contribution in [0.15, 0.2) is 76.8 Å². The number of aromatic nitrogens is 3. The van der Waals surface area contributed by atoms with E-state index in [0.717, 1.165) is 22.9 Å². The molecule has 156 valence electrons. The van der Waals surface area contributed by atoms with Gasteiger partial charge in [-0.05, 0) is 49.7 Å². The van der Waals surface area contributed by atoms with E-state index >= 15 is 0 Å². The third-order valence-electron chi connectivity index (χ3n) is 5.40. The Morgan fingerprint density at radius 1 is 1.16 bits per heavy atom. The lowest BCUT2D eigenvalue weighted by Gasteiger charge is -2.14. The Labute approximate surface area is 184 Å². The van der Waals surface area contributed by atoms with Crippen LogP contribution in [0, 0.1) is 18.3 Å². The Hall–Kier alpha value is -4.51. The molecule has 8 nitrogen and oxygen atoms in total. The number of benzene rings is 1. The van der Waals surface area contributed by atoms with Crippen LogP contribution in [0.3, 0.4) is 0 Å². The highest BCUT2D eigenvalue weighted by molar-refractivity contribution is 6.12. The van der Waals surface area contributed by atoms with Crippen LogP contribution in [0.25, 0.3) is 11.5 Å². The van der Waals surface area contributed by atoms with Crippen molar-refractivity contribution in [3.8, 4) is 17.5 Å². The number of hydrogen-bond donors (Lipinski definition) is 1. The average Bonchev–Trinajstić information content (AvgIpc) is 3.54. The SMILES string of the molecule is CC1=N[N+](c2ccccc2)=C(n2cnc(C)c2)C1c1cc(-c2ccco2)nc(N)c1C#N. The van der Waals surface area contributed by atoms with Gasteiger partial charge in [0.2, 0.25) is 0 Å². The predicted octanol–water partition coefficient (Wildman–Crippen LogP) is 4.06. The molecule has 1 unspecified atom stereocenters. The first-order valence-electron chi connectivity index (χ1n) is 10.1. The minimum Gasteiger partial charge on any atom is -0.463 e. The van der Waals surface area contributed by atoms with Crippen LogP contribution in [-0.4, -0.2) is 30.8 Å². The van der Waals surface area contributed by atoms with Gasteiger partial charge >= 0.3 is 5.84 Å². The Morgan fingerprint density at radius 3 is 2.62 bits per heavy atom. The predicted molar refractivity (Wildman–Crippen MR) is 121 cm³/mol. The van der Waals surface area contributed by atoms with Gasteiger partial charge in [0, 0.05) is 0 Å². The van der Waals surface area contributed by atoms with Gasteiger partial charge in [-0.15, -0.1) is 4.68 Å². The fourth-order valence-electron chi connectivity index (χ4n) is 3.99. The highest BCUT2D eigenvalue weighted by Gasteiger charge is 2.40. The van der Waals surface area contributed by atoms with Crippen LogP contribution in [0.1, 0.15) is 29.7 Å². The van der Waals surface area contributed by atoms with Gasteiger partial charge < -0.3 is 10.2 Å². The summed E-state index contributed by atoms with van der Waals surface area (Å²) in [7, 11) is 0. The molecule has 1 aliphatic heterocycles. The third kappa shape index (κ3) is 3.17. The van der Waals surface area contributed by atoms with Gasteiger partial charge in [0.25, 0.3) is 0 Å². The van der Waals surface area contributed by atoms with Gasteiger partial charge in [-0.1, -0.05) is 23.3 Å². The Balaban J connectivity index is 1.78. The van der Waals surface area contributed by atoms with E-state index in [1.807, 2.05) is 71.8 Å². The molecule has 4 heterocycles. The van der Waals surface area contributed by atoms with E-state index in [0.29, 0.717) is 22.6 Å². The van der Waals surface area contributed by atoms with Crippen molar-refractivity contribution < 1.29 is 9.10 Å². The minimum absolute atomic E-state index is 0.156. The molecule has 0 amide bonds. The van der Waals surface area contributed by atoms with Gasteiger partial charge in [0.1, 0.15) is 29.7 Å². The lowest BCUT2D eigenvalue weighted by Crippen LogP contribution is -2.27. The number of nitrogen functional groups attached to an aromatic ring is 1. The summed E-state index contributed by atoms with van der Waals surface area (Å²) in [4.78, 5) is 8.81. The number of hydrogen-bond acceptors (Lipinski definition) is 6. The second-order valence-electron chi connectivity index (χ2n) is 7.55. The quantitative estimate of drug-likeness (QED) is 0.501. The van der Waals surface area contributed by atoms with E-state index < -0.39 is 0 Å². The number of para-hydroxylation sites is 1. The fraction of sp³-hybridized carbons (Fsp3) is 0.125. The third-order valence-corrected chi connectivity index (χ3v) is 5.40. The first-order valence-corrected chi connectivity index (χ1v) is 10.1. The summed E-state index contributed by atoms with van der Waals surface area (Å²) < 4.78 is 9.36. The molecule has 0 saturated heterocycles. The summed E-state index contributed by atoms with van der Waals surface area (Å²) in [5.41, 5.74) is 10.4. The van der Waals surface area contributed by atoms with Crippen molar-refractivity contribution in [2.45, 2.75) is 19.8 Å². The molecule has 4 aromatic rings. The maximum absolute atomic E-state index is 9.94. The number of pyridine rings is 1. The van der Waals surface area contributed by atoms with Crippen LogP contribution in [0.2, 0.25) is 0 Å². The van der Waals surface area contributed by atoms with Crippen LogP contribution in [0.5, 0.6) is 0 Å². The van der Waals surface area contributed by atoms with Gasteiger partial charge in [-0.3, -0.25) is 0 Å². The Bertz CT molecular complexity index is 1410. The molecule has 8 heteroatoms. The zero-order valence-corrected chi connectivity index (χ0v) is 17.6. The maximum Gasteiger partial charge on any atom is 0.301 e. The highest BCUT2D eigenvalue weighted by Crippen LogP contribution is 2.34. The van der Waals surface area contributed by atoms with Crippen LogP contribution >= 0.6 is 0 Å². The van der Waals surface area contributed by atoms with E-state index in [2.05, 4.69) is 16.0 Å². The molecule has 2 N–H and O–H groups in total. The molecule has 5 rings (SSSR count). The normalized spacial score (nSPS) is 15.7. The summed E-state index contributed by atoms with van der Waals surface area (Å²) in [6.07, 6.45) is 5.28. The molecule has 1 atom stereocenters. The molecule has 3 aromatic heterocycles. The number of aryl methyl sites for hydroxylation is 1. The van der Waals surface area contributed by atoms with Crippen molar-refractivity contribution in [3.05, 3.63) is 84.1 Å². The molecule has 1 aliphatic rings. The monoisotopic (exact) mass is 422 g/mol. The summed E-state index contributed by atoms with van der Waals surface area (Å²) >= 11 is 0. The van der Waals surface area contributed by atoms with Crippen molar-refractivity contribution in [1.29, 1.82) is 5.26 Å². The molecular weight excluding hydrogens is 402 g/mol. The zero-order chi connectivity index (χ0) is 22.2. The molecule has 1 aromatic carbocycles. The highest BCUT2D eigenvalue weighted by atomic mass is 16.3. The molecule has 0 saturated carbocycles. The van der Waals surface area contributed by atoms with Gasteiger partial charge in [-0.2, -0.15) is 9.83 Å². The van der Waals surface area contributed by atoms with Crippen molar-refractivity contribution >= 4 is 23.1 Å². The lowest BCUT2D eigenvalue weighted by molar-refractivity contribution is -0.444. The van der Waals surface area contributed by atoms with Crippen molar-refractivity contribution in [1.82, 2.24) is 14.5 Å². The topological polar surface area (TPSA) is 109 Å². The van der Waals surface area contributed by atoms with Gasteiger partial charge in [-0.25, -0.2) is 9.97 Å². The lowest BCUT2D eigenvalue weighted by atomic mass is 9.90. The summed E-state index contributed by atoms with van der Waals surface area (Å²) in [6.45, 7) is 3.88. The van der Waals surface area contributed by atoms with E-state index in [1.54, 1.807) is 18.7 Å². The van der Waals surface area contributed by atoms with E-state index in [4.69, 9.17) is 15.3 Å². The van der Waals surface area contributed by atoms with E-state index in [1.165, 1.54) is 0 Å². The minimum atomic E-state index is -0.336. The molecule has 0 fully saturated rings. The number of nitrogens with two attached hydrogens (primary N) is 1. The second-order valence-corrected chi connectivity index (χ2v) is 7.55. The van der Waals surface area contributed by atoms with Crippen LogP contribution < -0.4 is 5.73 Å². The summed E-state index contributed by atoms with van der Waals surface area (Å²) in [5, 5.41) is 14.8. The number of anilines is 1. The molecule has 32 heavy (non-hydrogen) atoms. The first kappa shape index (κ1) is 19.5. The number of imidazole rings is 1. The number of rotatable bonds is 3. The standard InChI is InChI=1S/C24H20N7O/c1-15-13-30(14-27-15)24-22(16(2)29-31(24)17-7-4-3-5-8-17)18-11-20(21-9-6-10-32-21)28-23(26)19(18)12-25/h3-11,13-14,22H,1-2H3,(H2,26,28)/q+1. The number of nitriles is 1. The molecular formula is C24H20N7O+. The Morgan fingerprint density at radius 2 is 1.97 bits per heavy atom. The second kappa shape index (κ2) is 7.63. The van der Waals surface area contributed by atoms with Crippen molar-refractivity contribution in [3.63, 3.8) is 0 Å². The van der Waals surface area contributed by atoms with Crippen LogP contribution in [0.4, 0.5) is 11.5 Å². The van der Waals surface area contributed by atoms with Crippen molar-refractivity contribution in [2.75, 3.05) is 5.73 Å².